The molecule has 2 aromatic rings. The van der Waals surface area contributed by atoms with Gasteiger partial charge in [-0.15, -0.1) is 0 Å². The summed E-state index contributed by atoms with van der Waals surface area (Å²) in [5.74, 6) is 1.70. The fourth-order valence-electron chi connectivity index (χ4n) is 2.57. The van der Waals surface area contributed by atoms with Gasteiger partial charge in [0.25, 0.3) is 0 Å². The second-order valence-corrected chi connectivity index (χ2v) is 5.16. The zero-order valence-corrected chi connectivity index (χ0v) is 12.9. The van der Waals surface area contributed by atoms with E-state index in [4.69, 9.17) is 10.00 Å². The largest absolute Gasteiger partial charge is 0.494 e. The van der Waals surface area contributed by atoms with E-state index in [0.717, 1.165) is 35.6 Å². The van der Waals surface area contributed by atoms with Gasteiger partial charge >= 0.3 is 0 Å². The van der Waals surface area contributed by atoms with Crippen molar-refractivity contribution >= 4 is 11.0 Å². The van der Waals surface area contributed by atoms with Crippen LogP contribution >= 0.6 is 0 Å². The Kier molecular flexibility index (Phi) is 5.62. The van der Waals surface area contributed by atoms with Gasteiger partial charge in [0.05, 0.1) is 30.1 Å². The number of nitriles is 1. The molecule has 0 radical (unpaired) electrons. The van der Waals surface area contributed by atoms with Crippen molar-refractivity contribution in [3.8, 4) is 11.8 Å². The van der Waals surface area contributed by atoms with Gasteiger partial charge < -0.3 is 9.30 Å². The van der Waals surface area contributed by atoms with Crippen LogP contribution < -0.4 is 4.74 Å². The van der Waals surface area contributed by atoms with E-state index in [1.54, 1.807) is 0 Å². The number of imidazole rings is 1. The van der Waals surface area contributed by atoms with E-state index in [1.807, 2.05) is 25.1 Å². The lowest BCUT2D eigenvalue weighted by Crippen LogP contribution is -2.03. The first kappa shape index (κ1) is 15.4. The van der Waals surface area contributed by atoms with Crippen molar-refractivity contribution in [3.05, 3.63) is 24.0 Å². The summed E-state index contributed by atoms with van der Waals surface area (Å²) in [5.41, 5.74) is 2.02. The van der Waals surface area contributed by atoms with Crippen LogP contribution in [0.15, 0.2) is 18.2 Å². The number of aryl methyl sites for hydroxylation is 1. The van der Waals surface area contributed by atoms with E-state index < -0.39 is 0 Å². The third kappa shape index (κ3) is 3.75. The number of fused-ring (bicyclic) bond motifs is 1. The minimum Gasteiger partial charge on any atom is -0.494 e. The summed E-state index contributed by atoms with van der Waals surface area (Å²) >= 11 is 0. The number of nitrogens with zero attached hydrogens (tertiary/aromatic N) is 3. The summed E-state index contributed by atoms with van der Waals surface area (Å²) in [6.45, 7) is 5.76. The molecule has 2 rings (SSSR count). The van der Waals surface area contributed by atoms with Crippen molar-refractivity contribution < 1.29 is 4.74 Å². The van der Waals surface area contributed by atoms with E-state index in [9.17, 15) is 0 Å². The average Bonchev–Trinajstić information content (AvgIpc) is 2.81. The van der Waals surface area contributed by atoms with Gasteiger partial charge in [0.1, 0.15) is 11.6 Å². The highest BCUT2D eigenvalue weighted by Gasteiger charge is 2.11. The summed E-state index contributed by atoms with van der Waals surface area (Å²) < 4.78 is 7.71. The van der Waals surface area contributed by atoms with Crippen LogP contribution in [0.2, 0.25) is 0 Å². The molecule has 1 aromatic heterocycles. The van der Waals surface area contributed by atoms with Crippen molar-refractivity contribution in [3.63, 3.8) is 0 Å². The van der Waals surface area contributed by atoms with Crippen molar-refractivity contribution in [2.24, 2.45) is 0 Å². The topological polar surface area (TPSA) is 50.8 Å². The fourth-order valence-corrected chi connectivity index (χ4v) is 2.57. The van der Waals surface area contributed by atoms with Crippen molar-refractivity contribution in [1.82, 2.24) is 9.55 Å². The van der Waals surface area contributed by atoms with Crippen LogP contribution in [0.3, 0.4) is 0 Å². The molecule has 0 aliphatic heterocycles. The molecule has 0 bridgehead atoms. The lowest BCUT2D eigenvalue weighted by Gasteiger charge is -2.08. The Morgan fingerprint density at radius 3 is 2.81 bits per heavy atom. The summed E-state index contributed by atoms with van der Waals surface area (Å²) in [7, 11) is 0. The summed E-state index contributed by atoms with van der Waals surface area (Å²) in [4.78, 5) is 4.60. The van der Waals surface area contributed by atoms with Gasteiger partial charge in [-0.05, 0) is 25.5 Å². The molecule has 0 atom stereocenters. The molecule has 0 aliphatic carbocycles. The lowest BCUT2D eigenvalue weighted by atomic mass is 10.2. The first-order valence-corrected chi connectivity index (χ1v) is 7.79. The first-order valence-electron chi connectivity index (χ1n) is 7.79. The second kappa shape index (κ2) is 7.68. The molecular formula is C17H23N3O. The van der Waals surface area contributed by atoms with Crippen LogP contribution in [-0.4, -0.2) is 16.2 Å². The van der Waals surface area contributed by atoms with Crippen LogP contribution in [-0.2, 0) is 13.0 Å². The first-order chi connectivity index (χ1) is 10.3. The average molecular weight is 285 g/mol. The number of benzene rings is 1. The highest BCUT2D eigenvalue weighted by molar-refractivity contribution is 5.77. The fraction of sp³-hybridized carbons (Fsp3) is 0.529. The number of aromatic nitrogens is 2. The molecule has 1 aromatic carbocycles. The third-order valence-electron chi connectivity index (χ3n) is 3.58. The summed E-state index contributed by atoms with van der Waals surface area (Å²) in [5, 5.41) is 8.99. The van der Waals surface area contributed by atoms with Gasteiger partial charge in [-0.3, -0.25) is 0 Å². The molecule has 0 saturated heterocycles. The number of rotatable bonds is 8. The van der Waals surface area contributed by atoms with Crippen LogP contribution in [0.5, 0.6) is 5.75 Å². The molecule has 0 unspecified atom stereocenters. The molecule has 112 valence electrons. The molecule has 0 spiro atoms. The van der Waals surface area contributed by atoms with Gasteiger partial charge in [-0.25, -0.2) is 4.98 Å². The molecule has 4 heteroatoms. The summed E-state index contributed by atoms with van der Waals surface area (Å²) in [6.07, 6.45) is 5.19. The highest BCUT2D eigenvalue weighted by atomic mass is 16.5. The SMILES string of the molecule is CCCCCCn1c(CC#N)nc2cc(OCC)ccc21. The Morgan fingerprint density at radius 2 is 2.10 bits per heavy atom. The third-order valence-corrected chi connectivity index (χ3v) is 3.58. The van der Waals surface area contributed by atoms with Gasteiger partial charge in [0, 0.05) is 12.6 Å². The number of hydrogen-bond donors (Lipinski definition) is 0. The maximum Gasteiger partial charge on any atom is 0.124 e. The standard InChI is InChI=1S/C17H23N3O/c1-3-5-6-7-12-20-16-9-8-14(21-4-2)13-15(16)19-17(20)10-11-18/h8-9,13H,3-7,10,12H2,1-2H3. The monoisotopic (exact) mass is 285 g/mol. The predicted octanol–water partition coefficient (Wildman–Crippen LogP) is 4.08. The van der Waals surface area contributed by atoms with Gasteiger partial charge in [0.15, 0.2) is 0 Å². The number of hydrogen-bond acceptors (Lipinski definition) is 3. The maximum absolute atomic E-state index is 8.99. The van der Waals surface area contributed by atoms with E-state index in [1.165, 1.54) is 19.3 Å². The Bertz CT molecular complexity index is 625. The quantitative estimate of drug-likeness (QED) is 0.687. The Hall–Kier alpha value is -2.02. The normalized spacial score (nSPS) is 10.7. The Morgan fingerprint density at radius 1 is 1.24 bits per heavy atom. The lowest BCUT2D eigenvalue weighted by molar-refractivity contribution is 0.340. The molecule has 21 heavy (non-hydrogen) atoms. The molecular weight excluding hydrogens is 262 g/mol. The minimum atomic E-state index is 0.354. The van der Waals surface area contributed by atoms with Crippen LogP contribution in [0.1, 0.15) is 45.4 Å². The van der Waals surface area contributed by atoms with E-state index in [2.05, 4.69) is 22.5 Å². The molecule has 4 nitrogen and oxygen atoms in total. The smallest absolute Gasteiger partial charge is 0.124 e. The predicted molar refractivity (Wildman–Crippen MR) is 84.4 cm³/mol. The molecule has 0 N–H and O–H groups in total. The van der Waals surface area contributed by atoms with E-state index in [-0.39, 0.29) is 0 Å². The molecule has 0 saturated carbocycles. The van der Waals surface area contributed by atoms with E-state index in [0.29, 0.717) is 13.0 Å². The maximum atomic E-state index is 8.99. The molecule has 0 fully saturated rings. The Labute approximate surface area is 126 Å². The minimum absolute atomic E-state index is 0.354. The highest BCUT2D eigenvalue weighted by Crippen LogP contribution is 2.23. The van der Waals surface area contributed by atoms with Crippen LogP contribution in [0.4, 0.5) is 0 Å². The molecule has 0 aliphatic rings. The molecule has 1 heterocycles. The van der Waals surface area contributed by atoms with Gasteiger partial charge in [-0.2, -0.15) is 5.26 Å². The van der Waals surface area contributed by atoms with E-state index >= 15 is 0 Å². The van der Waals surface area contributed by atoms with Crippen LogP contribution in [0, 0.1) is 11.3 Å². The Balaban J connectivity index is 2.27. The molecule has 0 amide bonds. The zero-order chi connectivity index (χ0) is 15.1. The number of unbranched alkanes of at least 4 members (excludes halogenated alkanes) is 3. The number of ether oxygens (including phenoxy) is 1. The van der Waals surface area contributed by atoms with Gasteiger partial charge in [0.2, 0.25) is 0 Å². The van der Waals surface area contributed by atoms with Gasteiger partial charge in [-0.1, -0.05) is 26.2 Å². The van der Waals surface area contributed by atoms with Crippen LogP contribution in [0.25, 0.3) is 11.0 Å². The second-order valence-electron chi connectivity index (χ2n) is 5.16. The van der Waals surface area contributed by atoms with Crippen molar-refractivity contribution in [2.75, 3.05) is 6.61 Å². The van der Waals surface area contributed by atoms with Crippen molar-refractivity contribution in [1.29, 1.82) is 5.26 Å². The zero-order valence-electron chi connectivity index (χ0n) is 12.9. The summed E-state index contributed by atoms with van der Waals surface area (Å²) in [6, 6.07) is 8.20. The van der Waals surface area contributed by atoms with Crippen molar-refractivity contribution in [2.45, 2.75) is 52.5 Å².